The zero-order chi connectivity index (χ0) is 16.2. The molecule has 0 fully saturated rings. The fourth-order valence-electron chi connectivity index (χ4n) is 2.45. The van der Waals surface area contributed by atoms with E-state index >= 15 is 0 Å². The van der Waals surface area contributed by atoms with Crippen molar-refractivity contribution in [1.82, 2.24) is 4.98 Å². The second-order valence-electron chi connectivity index (χ2n) is 5.02. The van der Waals surface area contributed by atoms with E-state index < -0.39 is 0 Å². The second-order valence-corrected chi connectivity index (χ2v) is 5.02. The average Bonchev–Trinajstić information content (AvgIpc) is 2.61. The lowest BCUT2D eigenvalue weighted by atomic mass is 9.99. The lowest BCUT2D eigenvalue weighted by Gasteiger charge is -2.12. The van der Waals surface area contributed by atoms with Crippen molar-refractivity contribution in [1.29, 1.82) is 0 Å². The molecule has 0 saturated heterocycles. The first-order chi connectivity index (χ1) is 11.2. The van der Waals surface area contributed by atoms with Crippen LogP contribution >= 0.6 is 0 Å². The molecule has 0 bridgehead atoms. The normalized spacial score (nSPS) is 10.4. The lowest BCUT2D eigenvalue weighted by Crippen LogP contribution is -1.92. The van der Waals surface area contributed by atoms with Crippen LogP contribution in [0.15, 0.2) is 60.8 Å². The molecular weight excluding hydrogens is 293 g/mol. The molecule has 1 aromatic heterocycles. The minimum atomic E-state index is -0.259. The van der Waals surface area contributed by atoms with Gasteiger partial charge in [-0.1, -0.05) is 12.1 Å². The fraction of sp³-hybridized carbons (Fsp3) is 0.105. The fourth-order valence-corrected chi connectivity index (χ4v) is 2.45. The summed E-state index contributed by atoms with van der Waals surface area (Å²) in [5.41, 5.74) is 3.64. The predicted octanol–water partition coefficient (Wildman–Crippen LogP) is 4.57. The van der Waals surface area contributed by atoms with Gasteiger partial charge in [0, 0.05) is 11.8 Å². The monoisotopic (exact) mass is 309 g/mol. The highest BCUT2D eigenvalue weighted by Gasteiger charge is 2.10. The van der Waals surface area contributed by atoms with Crippen molar-refractivity contribution in [2.45, 2.75) is 0 Å². The van der Waals surface area contributed by atoms with E-state index in [0.717, 1.165) is 22.3 Å². The number of halogens is 1. The van der Waals surface area contributed by atoms with Gasteiger partial charge in [0.2, 0.25) is 5.88 Å². The van der Waals surface area contributed by atoms with Crippen LogP contribution in [0.5, 0.6) is 11.6 Å². The van der Waals surface area contributed by atoms with E-state index in [1.54, 1.807) is 32.5 Å². The quantitative estimate of drug-likeness (QED) is 0.707. The number of hydrogen-bond acceptors (Lipinski definition) is 3. The van der Waals surface area contributed by atoms with Gasteiger partial charge in [-0.25, -0.2) is 9.37 Å². The van der Waals surface area contributed by atoms with Gasteiger partial charge < -0.3 is 9.47 Å². The Kier molecular flexibility index (Phi) is 4.24. The van der Waals surface area contributed by atoms with Crippen LogP contribution in [0.25, 0.3) is 22.3 Å². The molecule has 0 unspecified atom stereocenters. The third-order valence-corrected chi connectivity index (χ3v) is 3.60. The second kappa shape index (κ2) is 6.48. The van der Waals surface area contributed by atoms with Gasteiger partial charge in [0.25, 0.3) is 0 Å². The molecule has 0 radical (unpaired) electrons. The van der Waals surface area contributed by atoms with E-state index in [2.05, 4.69) is 4.98 Å². The maximum atomic E-state index is 13.1. The molecule has 3 rings (SSSR count). The smallest absolute Gasteiger partial charge is 0.221 e. The number of ether oxygens (including phenoxy) is 2. The van der Waals surface area contributed by atoms with Crippen molar-refractivity contribution in [2.24, 2.45) is 0 Å². The molecule has 0 spiro atoms. The molecule has 4 heteroatoms. The van der Waals surface area contributed by atoms with Crippen LogP contribution in [0.4, 0.5) is 4.39 Å². The highest BCUT2D eigenvalue weighted by Crippen LogP contribution is 2.34. The van der Waals surface area contributed by atoms with Crippen LogP contribution in [0.2, 0.25) is 0 Å². The number of rotatable bonds is 4. The van der Waals surface area contributed by atoms with Crippen LogP contribution in [0.3, 0.4) is 0 Å². The van der Waals surface area contributed by atoms with Gasteiger partial charge in [-0.05, 0) is 59.2 Å². The van der Waals surface area contributed by atoms with E-state index in [4.69, 9.17) is 9.47 Å². The van der Waals surface area contributed by atoms with Crippen molar-refractivity contribution < 1.29 is 13.9 Å². The van der Waals surface area contributed by atoms with E-state index in [1.165, 1.54) is 12.1 Å². The first-order valence-corrected chi connectivity index (χ1v) is 7.15. The summed E-state index contributed by atoms with van der Waals surface area (Å²) in [5.74, 6) is 1.00. The molecule has 0 N–H and O–H groups in total. The third-order valence-electron chi connectivity index (χ3n) is 3.60. The van der Waals surface area contributed by atoms with E-state index in [1.807, 2.05) is 30.3 Å². The Morgan fingerprint density at radius 2 is 1.57 bits per heavy atom. The molecule has 116 valence electrons. The number of hydrogen-bond donors (Lipinski definition) is 0. The van der Waals surface area contributed by atoms with Gasteiger partial charge in [-0.3, -0.25) is 0 Å². The molecule has 0 atom stereocenters. The molecule has 23 heavy (non-hydrogen) atoms. The summed E-state index contributed by atoms with van der Waals surface area (Å²) in [4.78, 5) is 4.23. The zero-order valence-electron chi connectivity index (χ0n) is 12.9. The number of nitrogens with zero attached hydrogens (tertiary/aromatic N) is 1. The summed E-state index contributed by atoms with van der Waals surface area (Å²) in [6.45, 7) is 0. The highest BCUT2D eigenvalue weighted by molar-refractivity contribution is 5.77. The van der Waals surface area contributed by atoms with Crippen molar-refractivity contribution in [3.05, 3.63) is 66.6 Å². The summed E-state index contributed by atoms with van der Waals surface area (Å²) >= 11 is 0. The van der Waals surface area contributed by atoms with Crippen LogP contribution in [-0.4, -0.2) is 19.2 Å². The van der Waals surface area contributed by atoms with E-state index in [9.17, 15) is 4.39 Å². The summed E-state index contributed by atoms with van der Waals surface area (Å²) in [5, 5.41) is 0. The Bertz CT molecular complexity index is 816. The number of pyridine rings is 1. The molecule has 0 aliphatic heterocycles. The van der Waals surface area contributed by atoms with Crippen molar-refractivity contribution in [3.63, 3.8) is 0 Å². The Morgan fingerprint density at radius 3 is 2.26 bits per heavy atom. The summed E-state index contributed by atoms with van der Waals surface area (Å²) in [6, 6.07) is 16.0. The van der Waals surface area contributed by atoms with Crippen molar-refractivity contribution in [3.8, 4) is 33.9 Å². The predicted molar refractivity (Wildman–Crippen MR) is 88.2 cm³/mol. The number of benzene rings is 2. The average molecular weight is 309 g/mol. The summed E-state index contributed by atoms with van der Waals surface area (Å²) < 4.78 is 23.9. The highest BCUT2D eigenvalue weighted by atomic mass is 19.1. The number of methoxy groups -OCH3 is 2. The Labute approximate surface area is 134 Å². The summed E-state index contributed by atoms with van der Waals surface area (Å²) in [6.07, 6.45) is 1.68. The van der Waals surface area contributed by atoms with Crippen LogP contribution < -0.4 is 9.47 Å². The van der Waals surface area contributed by atoms with Gasteiger partial charge in [0.05, 0.1) is 14.2 Å². The minimum Gasteiger partial charge on any atom is -0.497 e. The molecule has 0 aliphatic carbocycles. The molecular formula is C19H16FNO2. The Morgan fingerprint density at radius 1 is 0.826 bits per heavy atom. The first-order valence-electron chi connectivity index (χ1n) is 7.15. The van der Waals surface area contributed by atoms with Crippen molar-refractivity contribution in [2.75, 3.05) is 14.2 Å². The van der Waals surface area contributed by atoms with Crippen LogP contribution in [0, 0.1) is 5.82 Å². The third kappa shape index (κ3) is 3.16. The van der Waals surface area contributed by atoms with Gasteiger partial charge in [-0.15, -0.1) is 0 Å². The zero-order valence-corrected chi connectivity index (χ0v) is 12.9. The SMILES string of the molecule is COc1cc(-c2ccc(F)cc2)cc(-c2cccnc2OC)c1. The standard InChI is InChI=1S/C19H16FNO2/c1-22-17-11-14(13-5-7-16(20)8-6-13)10-15(12-17)18-4-3-9-21-19(18)23-2/h3-12H,1-2H3. The molecule has 1 heterocycles. The van der Waals surface area contributed by atoms with Gasteiger partial charge in [0.1, 0.15) is 11.6 Å². The minimum absolute atomic E-state index is 0.259. The van der Waals surface area contributed by atoms with Crippen molar-refractivity contribution >= 4 is 0 Å². The van der Waals surface area contributed by atoms with E-state index in [0.29, 0.717) is 11.6 Å². The molecule has 3 aromatic rings. The number of aromatic nitrogens is 1. The van der Waals surface area contributed by atoms with Gasteiger partial charge in [-0.2, -0.15) is 0 Å². The topological polar surface area (TPSA) is 31.4 Å². The lowest BCUT2D eigenvalue weighted by molar-refractivity contribution is 0.399. The molecule has 2 aromatic carbocycles. The van der Waals surface area contributed by atoms with Gasteiger partial charge >= 0.3 is 0 Å². The molecule has 0 amide bonds. The molecule has 0 saturated carbocycles. The van der Waals surface area contributed by atoms with Crippen LogP contribution in [0.1, 0.15) is 0 Å². The maximum absolute atomic E-state index is 13.1. The van der Waals surface area contributed by atoms with E-state index in [-0.39, 0.29) is 5.82 Å². The van der Waals surface area contributed by atoms with Gasteiger partial charge in [0.15, 0.2) is 0 Å². The largest absolute Gasteiger partial charge is 0.497 e. The Hall–Kier alpha value is -2.88. The maximum Gasteiger partial charge on any atom is 0.221 e. The van der Waals surface area contributed by atoms with Crippen LogP contribution in [-0.2, 0) is 0 Å². The Balaban J connectivity index is 2.15. The summed E-state index contributed by atoms with van der Waals surface area (Å²) in [7, 11) is 3.21. The first kappa shape index (κ1) is 15.0. The molecule has 3 nitrogen and oxygen atoms in total. The molecule has 0 aliphatic rings.